The van der Waals surface area contributed by atoms with Crippen LogP contribution in [0.15, 0.2) is 17.1 Å². The van der Waals surface area contributed by atoms with Gasteiger partial charge in [0.15, 0.2) is 10.8 Å². The van der Waals surface area contributed by atoms with Gasteiger partial charge in [-0.25, -0.2) is 9.97 Å². The lowest BCUT2D eigenvalue weighted by Crippen LogP contribution is -2.25. The summed E-state index contributed by atoms with van der Waals surface area (Å²) in [5, 5.41) is 7.21. The molecule has 1 aliphatic rings. The number of aryl methyl sites for hydroxylation is 2. The van der Waals surface area contributed by atoms with Crippen LogP contribution in [-0.2, 0) is 6.54 Å². The Hall–Kier alpha value is -2.06. The van der Waals surface area contributed by atoms with E-state index < -0.39 is 0 Å². The summed E-state index contributed by atoms with van der Waals surface area (Å²) < 4.78 is 1.61. The molecular formula is C15H18N6OS. The molecule has 0 saturated carbocycles. The molecule has 0 aromatic carbocycles. The first-order chi connectivity index (χ1) is 11.1. The number of aromatic amines is 1. The van der Waals surface area contributed by atoms with Crippen molar-refractivity contribution in [3.05, 3.63) is 44.8 Å². The minimum absolute atomic E-state index is 0.0150. The van der Waals surface area contributed by atoms with E-state index in [9.17, 15) is 4.79 Å². The predicted octanol–water partition coefficient (Wildman–Crippen LogP) is 1.83. The van der Waals surface area contributed by atoms with Crippen LogP contribution in [0.3, 0.4) is 0 Å². The summed E-state index contributed by atoms with van der Waals surface area (Å²) in [6, 6.07) is 1.84. The fraction of sp³-hybridized carbons (Fsp3) is 0.467. The van der Waals surface area contributed by atoms with Gasteiger partial charge in [0.05, 0.1) is 11.7 Å². The van der Waals surface area contributed by atoms with E-state index in [4.69, 9.17) is 0 Å². The fourth-order valence-corrected chi connectivity index (χ4v) is 4.01. The highest BCUT2D eigenvalue weighted by atomic mass is 32.1. The molecule has 23 heavy (non-hydrogen) atoms. The molecule has 1 fully saturated rings. The normalized spacial score (nSPS) is 19.0. The third-order valence-corrected chi connectivity index (χ3v) is 5.08. The number of hydrogen-bond acceptors (Lipinski definition) is 6. The number of thiazole rings is 1. The smallest absolute Gasteiger partial charge is 0.258 e. The molecule has 0 amide bonds. The van der Waals surface area contributed by atoms with Crippen molar-refractivity contribution in [1.82, 2.24) is 29.5 Å². The molecule has 1 N–H and O–H groups in total. The van der Waals surface area contributed by atoms with E-state index in [-0.39, 0.29) is 11.6 Å². The monoisotopic (exact) mass is 330 g/mol. The van der Waals surface area contributed by atoms with Gasteiger partial charge in [0.25, 0.3) is 5.56 Å². The van der Waals surface area contributed by atoms with E-state index in [0.29, 0.717) is 6.54 Å². The Labute approximate surface area is 137 Å². The van der Waals surface area contributed by atoms with E-state index in [1.165, 1.54) is 0 Å². The minimum Gasteiger partial charge on any atom is -0.287 e. The van der Waals surface area contributed by atoms with Crippen LogP contribution in [-0.4, -0.2) is 36.0 Å². The van der Waals surface area contributed by atoms with Crippen molar-refractivity contribution in [2.45, 2.75) is 39.3 Å². The molecule has 1 saturated heterocycles. The van der Waals surface area contributed by atoms with E-state index >= 15 is 0 Å². The molecule has 0 radical (unpaired) electrons. The Bertz CT molecular complexity index is 910. The average molecular weight is 330 g/mol. The topological polar surface area (TPSA) is 79.2 Å². The largest absolute Gasteiger partial charge is 0.287 e. The standard InChI is InChI=1S/C15H18N6OS/c1-9-7-21-13(22)6-11(17-15(21)23-9)8-20-5-3-4-12(20)14-16-10(2)18-19-14/h6-7,12H,3-5,8H2,1-2H3,(H,16,18,19)/t12-/m1/s1. The van der Waals surface area contributed by atoms with Gasteiger partial charge >= 0.3 is 0 Å². The highest BCUT2D eigenvalue weighted by molar-refractivity contribution is 7.16. The molecule has 8 heteroatoms. The second kappa shape index (κ2) is 5.54. The van der Waals surface area contributed by atoms with Gasteiger partial charge in [0, 0.05) is 23.7 Å². The summed E-state index contributed by atoms with van der Waals surface area (Å²) in [5.41, 5.74) is 0.801. The Morgan fingerprint density at radius 1 is 1.39 bits per heavy atom. The summed E-state index contributed by atoms with van der Waals surface area (Å²) in [5.74, 6) is 1.67. The Kier molecular flexibility index (Phi) is 3.50. The van der Waals surface area contributed by atoms with Gasteiger partial charge in [-0.05, 0) is 33.2 Å². The van der Waals surface area contributed by atoms with E-state index in [1.807, 2.05) is 20.0 Å². The second-order valence-corrected chi connectivity index (χ2v) is 7.20. The Morgan fingerprint density at radius 2 is 2.26 bits per heavy atom. The van der Waals surface area contributed by atoms with E-state index in [2.05, 4.69) is 25.1 Å². The number of nitrogens with zero attached hydrogens (tertiary/aromatic N) is 5. The van der Waals surface area contributed by atoms with E-state index in [0.717, 1.165) is 46.6 Å². The van der Waals surface area contributed by atoms with Crippen LogP contribution in [0.4, 0.5) is 0 Å². The van der Waals surface area contributed by atoms with Gasteiger partial charge in [-0.1, -0.05) is 0 Å². The predicted molar refractivity (Wildman–Crippen MR) is 87.6 cm³/mol. The number of rotatable bonds is 3. The van der Waals surface area contributed by atoms with Gasteiger partial charge in [-0.3, -0.25) is 19.2 Å². The van der Waals surface area contributed by atoms with Crippen LogP contribution in [0.25, 0.3) is 4.96 Å². The number of hydrogen-bond donors (Lipinski definition) is 1. The molecule has 7 nitrogen and oxygen atoms in total. The van der Waals surface area contributed by atoms with Crippen molar-refractivity contribution in [3.8, 4) is 0 Å². The molecule has 0 aliphatic carbocycles. The van der Waals surface area contributed by atoms with Crippen molar-refractivity contribution < 1.29 is 0 Å². The average Bonchev–Trinajstić information content (AvgIpc) is 3.18. The molecule has 1 aliphatic heterocycles. The number of fused-ring (bicyclic) bond motifs is 1. The van der Waals surface area contributed by atoms with Crippen molar-refractivity contribution >= 4 is 16.3 Å². The summed E-state index contributed by atoms with van der Waals surface area (Å²) in [4.78, 5) is 25.5. The first-order valence-corrected chi connectivity index (χ1v) is 8.53. The first kappa shape index (κ1) is 14.5. The summed E-state index contributed by atoms with van der Waals surface area (Å²) >= 11 is 1.54. The second-order valence-electron chi connectivity index (χ2n) is 5.99. The summed E-state index contributed by atoms with van der Waals surface area (Å²) in [6.45, 7) is 5.52. The summed E-state index contributed by atoms with van der Waals surface area (Å²) in [6.07, 6.45) is 3.99. The molecule has 3 aromatic heterocycles. The zero-order valence-corrected chi connectivity index (χ0v) is 13.9. The molecule has 0 bridgehead atoms. The molecule has 120 valence electrons. The molecule has 4 heterocycles. The molecule has 4 rings (SSSR count). The van der Waals surface area contributed by atoms with Crippen molar-refractivity contribution in [2.75, 3.05) is 6.54 Å². The van der Waals surface area contributed by atoms with Gasteiger partial charge in [0.2, 0.25) is 0 Å². The third kappa shape index (κ3) is 2.68. The Morgan fingerprint density at radius 3 is 3.04 bits per heavy atom. The van der Waals surface area contributed by atoms with Crippen LogP contribution in [0.5, 0.6) is 0 Å². The SMILES string of the molecule is Cc1nc([C@H]2CCCN2Cc2cc(=O)n3cc(C)sc3n2)n[nH]1. The number of H-pyrrole nitrogens is 1. The van der Waals surface area contributed by atoms with Crippen LogP contribution in [0.1, 0.15) is 41.1 Å². The van der Waals surface area contributed by atoms with Gasteiger partial charge in [-0.15, -0.1) is 11.3 Å². The maximum Gasteiger partial charge on any atom is 0.258 e. The maximum absolute atomic E-state index is 12.2. The molecule has 0 unspecified atom stereocenters. The van der Waals surface area contributed by atoms with Gasteiger partial charge in [0.1, 0.15) is 5.82 Å². The zero-order valence-electron chi connectivity index (χ0n) is 13.1. The van der Waals surface area contributed by atoms with Crippen LogP contribution >= 0.6 is 11.3 Å². The molecule has 1 atom stereocenters. The lowest BCUT2D eigenvalue weighted by Gasteiger charge is -2.21. The van der Waals surface area contributed by atoms with Crippen molar-refractivity contribution in [3.63, 3.8) is 0 Å². The van der Waals surface area contributed by atoms with E-state index in [1.54, 1.807) is 21.8 Å². The van der Waals surface area contributed by atoms with Crippen molar-refractivity contribution in [1.29, 1.82) is 0 Å². The van der Waals surface area contributed by atoms with Crippen molar-refractivity contribution in [2.24, 2.45) is 0 Å². The molecular weight excluding hydrogens is 312 g/mol. The quantitative estimate of drug-likeness (QED) is 0.792. The molecule has 0 spiro atoms. The minimum atomic E-state index is -0.0150. The summed E-state index contributed by atoms with van der Waals surface area (Å²) in [7, 11) is 0. The number of nitrogens with one attached hydrogen (secondary N) is 1. The lowest BCUT2D eigenvalue weighted by molar-refractivity contribution is 0.237. The molecule has 3 aromatic rings. The highest BCUT2D eigenvalue weighted by Crippen LogP contribution is 2.30. The number of aromatic nitrogens is 5. The fourth-order valence-electron chi connectivity index (χ4n) is 3.16. The van der Waals surface area contributed by atoms with Gasteiger partial charge < -0.3 is 0 Å². The maximum atomic E-state index is 12.2. The van der Waals surface area contributed by atoms with Gasteiger partial charge in [-0.2, -0.15) is 5.10 Å². The van der Waals surface area contributed by atoms with Crippen LogP contribution < -0.4 is 5.56 Å². The zero-order chi connectivity index (χ0) is 16.0. The van der Waals surface area contributed by atoms with Crippen LogP contribution in [0, 0.1) is 13.8 Å². The first-order valence-electron chi connectivity index (χ1n) is 7.72. The number of likely N-dealkylation sites (tertiary alicyclic amines) is 1. The lowest BCUT2D eigenvalue weighted by atomic mass is 10.2. The third-order valence-electron chi connectivity index (χ3n) is 4.18. The van der Waals surface area contributed by atoms with Crippen LogP contribution in [0.2, 0.25) is 0 Å². The highest BCUT2D eigenvalue weighted by Gasteiger charge is 2.29. The Balaban J connectivity index is 1.63.